The van der Waals surface area contributed by atoms with Crippen LogP contribution in [0.4, 0.5) is 11.6 Å². The maximum Gasteiger partial charge on any atom is 0.147 e. The van der Waals surface area contributed by atoms with E-state index in [1.165, 1.54) is 0 Å². The summed E-state index contributed by atoms with van der Waals surface area (Å²) in [6, 6.07) is 0. The zero-order valence-electron chi connectivity index (χ0n) is 7.77. The number of likely N-dealkylation sites (N-methyl/N-ethyl adjacent to an activating group) is 1. The maximum absolute atomic E-state index is 5.43. The smallest absolute Gasteiger partial charge is 0.147 e. The van der Waals surface area contributed by atoms with E-state index in [1.54, 1.807) is 12.4 Å². The van der Waals surface area contributed by atoms with Gasteiger partial charge in [-0.3, -0.25) is 0 Å². The topological polar surface area (TPSA) is 55.0 Å². The molecule has 1 aromatic rings. The third-order valence-electron chi connectivity index (χ3n) is 1.71. The van der Waals surface area contributed by atoms with Crippen LogP contribution < -0.4 is 10.6 Å². The highest BCUT2D eigenvalue weighted by Gasteiger charge is 2.02. The van der Waals surface area contributed by atoms with Crippen molar-refractivity contribution in [3.63, 3.8) is 0 Å². The van der Waals surface area contributed by atoms with Crippen molar-refractivity contribution in [1.82, 2.24) is 9.97 Å². The molecular formula is C9H14N4. The summed E-state index contributed by atoms with van der Waals surface area (Å²) >= 11 is 0. The van der Waals surface area contributed by atoms with E-state index >= 15 is 0 Å². The summed E-state index contributed by atoms with van der Waals surface area (Å²) in [7, 11) is 0. The van der Waals surface area contributed by atoms with Crippen LogP contribution in [0.5, 0.6) is 0 Å². The lowest BCUT2D eigenvalue weighted by molar-refractivity contribution is 0.876. The van der Waals surface area contributed by atoms with Crippen molar-refractivity contribution in [2.75, 3.05) is 23.7 Å². The van der Waals surface area contributed by atoms with Gasteiger partial charge >= 0.3 is 0 Å². The molecule has 0 aromatic carbocycles. The molecule has 4 heteroatoms. The summed E-state index contributed by atoms with van der Waals surface area (Å²) in [5.74, 6) is 1.27. The number of anilines is 2. The van der Waals surface area contributed by atoms with Crippen LogP contribution in [0.3, 0.4) is 0 Å². The highest BCUT2D eigenvalue weighted by Crippen LogP contribution is 2.08. The minimum atomic E-state index is 0.443. The third-order valence-corrected chi connectivity index (χ3v) is 1.71. The lowest BCUT2D eigenvalue weighted by atomic mass is 10.4. The summed E-state index contributed by atoms with van der Waals surface area (Å²) in [5, 5.41) is 0. The summed E-state index contributed by atoms with van der Waals surface area (Å²) in [4.78, 5) is 10.2. The summed E-state index contributed by atoms with van der Waals surface area (Å²) in [6.07, 6.45) is 5.06. The van der Waals surface area contributed by atoms with Gasteiger partial charge in [-0.1, -0.05) is 6.08 Å². The predicted molar refractivity (Wildman–Crippen MR) is 54.5 cm³/mol. The highest BCUT2D eigenvalue weighted by atomic mass is 15.2. The van der Waals surface area contributed by atoms with Crippen molar-refractivity contribution in [3.8, 4) is 0 Å². The quantitative estimate of drug-likeness (QED) is 0.701. The maximum atomic E-state index is 5.43. The van der Waals surface area contributed by atoms with Crippen molar-refractivity contribution < 1.29 is 0 Å². The second-order valence-corrected chi connectivity index (χ2v) is 2.63. The van der Waals surface area contributed by atoms with Gasteiger partial charge in [0, 0.05) is 13.1 Å². The Labute approximate surface area is 78.1 Å². The van der Waals surface area contributed by atoms with Crippen LogP contribution in [-0.4, -0.2) is 23.1 Å². The molecule has 2 N–H and O–H groups in total. The number of nitrogens with two attached hydrogens (primary N) is 1. The van der Waals surface area contributed by atoms with Crippen molar-refractivity contribution >= 4 is 11.6 Å². The van der Waals surface area contributed by atoms with Gasteiger partial charge in [0.15, 0.2) is 0 Å². The minimum absolute atomic E-state index is 0.443. The Balaban J connectivity index is 2.78. The molecular weight excluding hydrogens is 164 g/mol. The van der Waals surface area contributed by atoms with Gasteiger partial charge in [-0.05, 0) is 6.92 Å². The molecule has 13 heavy (non-hydrogen) atoms. The first kappa shape index (κ1) is 9.51. The molecule has 1 heterocycles. The normalized spacial score (nSPS) is 9.62. The summed E-state index contributed by atoms with van der Waals surface area (Å²) in [5.41, 5.74) is 5.43. The van der Waals surface area contributed by atoms with Crippen LogP contribution in [0.25, 0.3) is 0 Å². The Kier molecular flexibility index (Phi) is 3.25. The predicted octanol–water partition coefficient (Wildman–Crippen LogP) is 1.07. The number of rotatable bonds is 4. The Bertz CT molecular complexity index is 267. The number of nitrogen functional groups attached to an aromatic ring is 1. The molecule has 0 unspecified atom stereocenters. The third kappa shape index (κ3) is 2.43. The molecule has 0 aliphatic heterocycles. The molecule has 0 spiro atoms. The van der Waals surface area contributed by atoms with Gasteiger partial charge in [0.25, 0.3) is 0 Å². The van der Waals surface area contributed by atoms with Gasteiger partial charge in [-0.25, -0.2) is 9.97 Å². The Morgan fingerprint density at radius 1 is 1.54 bits per heavy atom. The van der Waals surface area contributed by atoms with Crippen molar-refractivity contribution in [3.05, 3.63) is 25.0 Å². The molecule has 4 nitrogen and oxygen atoms in total. The Morgan fingerprint density at radius 2 is 2.31 bits per heavy atom. The Morgan fingerprint density at radius 3 is 2.77 bits per heavy atom. The second-order valence-electron chi connectivity index (χ2n) is 2.63. The number of aromatic nitrogens is 2. The number of nitrogens with zero attached hydrogens (tertiary/aromatic N) is 3. The molecule has 1 aromatic heterocycles. The van der Waals surface area contributed by atoms with E-state index in [2.05, 4.69) is 28.4 Å². The standard InChI is InChI=1S/C9H14N4/c1-3-5-13(4-2)9-7-11-8(10)6-12-9/h3,6-7H,1,4-5H2,2H3,(H2,10,11). The lowest BCUT2D eigenvalue weighted by Gasteiger charge is -2.19. The van der Waals surface area contributed by atoms with Crippen molar-refractivity contribution in [2.45, 2.75) is 6.92 Å². The molecule has 0 aliphatic rings. The fraction of sp³-hybridized carbons (Fsp3) is 0.333. The summed E-state index contributed by atoms with van der Waals surface area (Å²) in [6.45, 7) is 7.39. The van der Waals surface area contributed by atoms with Crippen LogP contribution >= 0.6 is 0 Å². The fourth-order valence-corrected chi connectivity index (χ4v) is 1.03. The largest absolute Gasteiger partial charge is 0.382 e. The zero-order valence-corrected chi connectivity index (χ0v) is 7.77. The first-order chi connectivity index (χ1) is 6.27. The van der Waals surface area contributed by atoms with Crippen LogP contribution in [0, 0.1) is 0 Å². The molecule has 0 bridgehead atoms. The molecule has 1 rings (SSSR count). The monoisotopic (exact) mass is 178 g/mol. The molecule has 0 saturated heterocycles. The van der Waals surface area contributed by atoms with E-state index in [9.17, 15) is 0 Å². The fourth-order valence-electron chi connectivity index (χ4n) is 1.03. The van der Waals surface area contributed by atoms with E-state index in [0.29, 0.717) is 5.82 Å². The molecule has 0 atom stereocenters. The van der Waals surface area contributed by atoms with Gasteiger partial charge in [-0.2, -0.15) is 0 Å². The van der Waals surface area contributed by atoms with Gasteiger partial charge in [0.1, 0.15) is 11.6 Å². The van der Waals surface area contributed by atoms with Gasteiger partial charge in [0.2, 0.25) is 0 Å². The van der Waals surface area contributed by atoms with Gasteiger partial charge in [-0.15, -0.1) is 6.58 Å². The minimum Gasteiger partial charge on any atom is -0.382 e. The van der Waals surface area contributed by atoms with Crippen molar-refractivity contribution in [2.24, 2.45) is 0 Å². The van der Waals surface area contributed by atoms with E-state index in [4.69, 9.17) is 5.73 Å². The second kappa shape index (κ2) is 4.45. The molecule has 0 aliphatic carbocycles. The molecule has 0 saturated carbocycles. The summed E-state index contributed by atoms with van der Waals surface area (Å²) < 4.78 is 0. The van der Waals surface area contributed by atoms with Gasteiger partial charge in [0.05, 0.1) is 12.4 Å². The SMILES string of the molecule is C=CCN(CC)c1cnc(N)cn1. The van der Waals surface area contributed by atoms with Crippen LogP contribution in [0.15, 0.2) is 25.0 Å². The van der Waals surface area contributed by atoms with Crippen LogP contribution in [0.2, 0.25) is 0 Å². The van der Waals surface area contributed by atoms with E-state index in [1.807, 2.05) is 6.08 Å². The molecule has 0 amide bonds. The first-order valence-electron chi connectivity index (χ1n) is 4.21. The van der Waals surface area contributed by atoms with E-state index < -0.39 is 0 Å². The molecule has 0 fully saturated rings. The highest BCUT2D eigenvalue weighted by molar-refractivity contribution is 5.39. The zero-order chi connectivity index (χ0) is 9.68. The lowest BCUT2D eigenvalue weighted by Crippen LogP contribution is -2.23. The first-order valence-corrected chi connectivity index (χ1v) is 4.21. The van der Waals surface area contributed by atoms with E-state index in [-0.39, 0.29) is 0 Å². The average molecular weight is 178 g/mol. The molecule has 70 valence electrons. The number of hydrogen-bond acceptors (Lipinski definition) is 4. The van der Waals surface area contributed by atoms with Crippen LogP contribution in [-0.2, 0) is 0 Å². The van der Waals surface area contributed by atoms with Crippen LogP contribution in [0.1, 0.15) is 6.92 Å². The number of hydrogen-bond donors (Lipinski definition) is 1. The molecule has 0 radical (unpaired) electrons. The average Bonchev–Trinajstić information content (AvgIpc) is 2.16. The van der Waals surface area contributed by atoms with Crippen molar-refractivity contribution in [1.29, 1.82) is 0 Å². The Hall–Kier alpha value is -1.58. The van der Waals surface area contributed by atoms with Gasteiger partial charge < -0.3 is 10.6 Å². The van der Waals surface area contributed by atoms with E-state index in [0.717, 1.165) is 18.9 Å².